The molecule has 0 atom stereocenters. The summed E-state index contributed by atoms with van der Waals surface area (Å²) in [6.07, 6.45) is 0. The predicted octanol–water partition coefficient (Wildman–Crippen LogP) is 1.47. The topological polar surface area (TPSA) is 64.7 Å². The lowest BCUT2D eigenvalue weighted by Crippen LogP contribution is -1.87. The Kier molecular flexibility index (Phi) is 1.30. The normalized spacial score (nSPS) is 11.2. The average Bonchev–Trinajstić information content (AvgIpc) is 2.65. The highest BCUT2D eigenvalue weighted by atomic mass is 16.6. The maximum atomic E-state index is 4.66. The van der Waals surface area contributed by atoms with Gasteiger partial charge in [-0.25, -0.2) is 4.63 Å². The van der Waals surface area contributed by atoms with E-state index >= 15 is 0 Å². The third-order valence-corrected chi connectivity index (χ3v) is 2.11. The molecule has 0 aliphatic carbocycles. The third kappa shape index (κ3) is 0.891. The number of aromatic nitrogens is 4. The molecule has 3 rings (SSSR count). The van der Waals surface area contributed by atoms with E-state index in [0.717, 1.165) is 27.6 Å². The van der Waals surface area contributed by atoms with Crippen LogP contribution in [0.1, 0.15) is 5.69 Å². The van der Waals surface area contributed by atoms with E-state index in [1.54, 1.807) is 0 Å². The van der Waals surface area contributed by atoms with Crippen LogP contribution in [0.2, 0.25) is 0 Å². The van der Waals surface area contributed by atoms with E-state index < -0.39 is 0 Å². The van der Waals surface area contributed by atoms with Crippen molar-refractivity contribution in [3.05, 3.63) is 23.9 Å². The van der Waals surface area contributed by atoms with E-state index in [0.29, 0.717) is 0 Å². The molecule has 1 aromatic carbocycles. The Morgan fingerprint density at radius 3 is 2.86 bits per heavy atom. The van der Waals surface area contributed by atoms with Crippen molar-refractivity contribution >= 4 is 21.9 Å². The van der Waals surface area contributed by atoms with E-state index in [2.05, 4.69) is 25.1 Å². The monoisotopic (exact) mass is 186 g/mol. The van der Waals surface area contributed by atoms with Gasteiger partial charge in [-0.05, 0) is 35.4 Å². The second-order valence-electron chi connectivity index (χ2n) is 3.12. The second-order valence-corrected chi connectivity index (χ2v) is 3.12. The summed E-state index contributed by atoms with van der Waals surface area (Å²) >= 11 is 0. The van der Waals surface area contributed by atoms with Crippen LogP contribution in [-0.2, 0) is 0 Å². The minimum atomic E-state index is 0.737. The van der Waals surface area contributed by atoms with E-state index in [4.69, 9.17) is 0 Å². The van der Waals surface area contributed by atoms with Gasteiger partial charge in [-0.1, -0.05) is 0 Å². The zero-order chi connectivity index (χ0) is 9.54. The first-order valence-electron chi connectivity index (χ1n) is 4.20. The molecule has 3 aromatic rings. The zero-order valence-corrected chi connectivity index (χ0v) is 7.43. The van der Waals surface area contributed by atoms with Gasteiger partial charge < -0.3 is 0 Å². The molecule has 0 unspecified atom stereocenters. The largest absolute Gasteiger partial charge is 0.243 e. The molecule has 14 heavy (non-hydrogen) atoms. The van der Waals surface area contributed by atoms with Crippen LogP contribution in [0.4, 0.5) is 0 Å². The summed E-state index contributed by atoms with van der Waals surface area (Å²) in [5.74, 6) is 0. The number of hydrogen-bond donors (Lipinski definition) is 0. The van der Waals surface area contributed by atoms with E-state index in [9.17, 15) is 0 Å². The van der Waals surface area contributed by atoms with Crippen molar-refractivity contribution in [2.24, 2.45) is 0 Å². The van der Waals surface area contributed by atoms with Crippen LogP contribution < -0.4 is 0 Å². The average molecular weight is 186 g/mol. The third-order valence-electron chi connectivity index (χ3n) is 2.11. The molecule has 0 saturated carbocycles. The molecule has 0 bridgehead atoms. The van der Waals surface area contributed by atoms with Crippen LogP contribution in [0.3, 0.4) is 0 Å². The zero-order valence-electron chi connectivity index (χ0n) is 7.43. The fourth-order valence-corrected chi connectivity index (χ4v) is 1.46. The fourth-order valence-electron chi connectivity index (χ4n) is 1.46. The van der Waals surface area contributed by atoms with Gasteiger partial charge in [0.25, 0.3) is 0 Å². The van der Waals surface area contributed by atoms with Crippen molar-refractivity contribution in [1.82, 2.24) is 20.5 Å². The molecule has 5 nitrogen and oxygen atoms in total. The van der Waals surface area contributed by atoms with Crippen molar-refractivity contribution < 1.29 is 4.63 Å². The van der Waals surface area contributed by atoms with Crippen molar-refractivity contribution in [2.45, 2.75) is 6.92 Å². The van der Waals surface area contributed by atoms with Gasteiger partial charge in [-0.15, -0.1) is 0 Å². The Morgan fingerprint density at radius 2 is 1.93 bits per heavy atom. The van der Waals surface area contributed by atoms with Crippen molar-refractivity contribution in [1.29, 1.82) is 0 Å². The van der Waals surface area contributed by atoms with Crippen LogP contribution in [0.5, 0.6) is 0 Å². The quantitative estimate of drug-likeness (QED) is 0.532. The summed E-state index contributed by atoms with van der Waals surface area (Å²) in [6.45, 7) is 1.89. The maximum Gasteiger partial charge on any atom is 0.144 e. The second kappa shape index (κ2) is 2.47. The minimum absolute atomic E-state index is 0.737. The van der Waals surface area contributed by atoms with Crippen LogP contribution >= 0.6 is 0 Å². The molecule has 0 aliphatic rings. The number of fused-ring (bicyclic) bond motifs is 3. The molecular formula is C9H6N4O. The number of rotatable bonds is 0. The summed E-state index contributed by atoms with van der Waals surface area (Å²) in [7, 11) is 0. The van der Waals surface area contributed by atoms with E-state index in [1.165, 1.54) is 0 Å². The van der Waals surface area contributed by atoms with Gasteiger partial charge in [0.05, 0.1) is 11.2 Å². The van der Waals surface area contributed by atoms with Crippen molar-refractivity contribution in [3.8, 4) is 0 Å². The molecule has 0 amide bonds. The Labute approximate surface area is 78.7 Å². The Morgan fingerprint density at radius 1 is 1.07 bits per heavy atom. The first-order valence-corrected chi connectivity index (χ1v) is 4.20. The van der Waals surface area contributed by atoms with Gasteiger partial charge >= 0.3 is 0 Å². The number of aryl methyl sites for hydroxylation is 1. The van der Waals surface area contributed by atoms with Gasteiger partial charge in [0, 0.05) is 5.39 Å². The van der Waals surface area contributed by atoms with Gasteiger partial charge in [-0.2, -0.15) is 10.2 Å². The number of benzene rings is 1. The SMILES string of the molecule is Cc1cc2c(ccc3nonc32)nn1. The molecule has 68 valence electrons. The number of hydrogen-bond acceptors (Lipinski definition) is 5. The lowest BCUT2D eigenvalue weighted by atomic mass is 10.2. The first-order chi connectivity index (χ1) is 6.84. The predicted molar refractivity (Wildman–Crippen MR) is 49.6 cm³/mol. The maximum absolute atomic E-state index is 4.66. The van der Waals surface area contributed by atoms with Crippen LogP contribution in [-0.4, -0.2) is 20.5 Å². The minimum Gasteiger partial charge on any atom is -0.243 e. The molecule has 2 heterocycles. The smallest absolute Gasteiger partial charge is 0.144 e. The molecule has 0 saturated heterocycles. The van der Waals surface area contributed by atoms with Crippen molar-refractivity contribution in [2.75, 3.05) is 0 Å². The van der Waals surface area contributed by atoms with Crippen LogP contribution in [0.15, 0.2) is 22.8 Å². The highest BCUT2D eigenvalue weighted by Gasteiger charge is 2.06. The molecule has 0 radical (unpaired) electrons. The standard InChI is InChI=1S/C9H6N4O/c1-5-4-6-7(11-10-5)2-3-8-9(6)13-14-12-8/h2-4H,1H3. The van der Waals surface area contributed by atoms with Gasteiger partial charge in [0.15, 0.2) is 0 Å². The van der Waals surface area contributed by atoms with Crippen molar-refractivity contribution in [3.63, 3.8) is 0 Å². The molecular weight excluding hydrogens is 180 g/mol. The van der Waals surface area contributed by atoms with Gasteiger partial charge in [-0.3, -0.25) is 0 Å². The molecule has 5 heteroatoms. The van der Waals surface area contributed by atoms with Crippen LogP contribution in [0, 0.1) is 6.92 Å². The first kappa shape index (κ1) is 7.37. The summed E-state index contributed by atoms with van der Waals surface area (Å²) < 4.78 is 4.66. The highest BCUT2D eigenvalue weighted by Crippen LogP contribution is 2.20. The highest BCUT2D eigenvalue weighted by molar-refractivity contribution is 6.01. The molecule has 0 aliphatic heterocycles. The summed E-state index contributed by atoms with van der Waals surface area (Å²) in [5.41, 5.74) is 3.14. The summed E-state index contributed by atoms with van der Waals surface area (Å²) in [5, 5.41) is 16.5. The lowest BCUT2D eigenvalue weighted by molar-refractivity contribution is 0.316. The Balaban J connectivity index is 2.60. The van der Waals surface area contributed by atoms with Gasteiger partial charge in [0.2, 0.25) is 0 Å². The van der Waals surface area contributed by atoms with E-state index in [1.807, 2.05) is 25.1 Å². The van der Waals surface area contributed by atoms with E-state index in [-0.39, 0.29) is 0 Å². The molecule has 0 N–H and O–H groups in total. The summed E-state index contributed by atoms with van der Waals surface area (Å²) in [6, 6.07) is 5.60. The van der Waals surface area contributed by atoms with Gasteiger partial charge in [0.1, 0.15) is 11.0 Å². The molecule has 0 fully saturated rings. The number of nitrogens with zero attached hydrogens (tertiary/aromatic N) is 4. The van der Waals surface area contributed by atoms with Crippen LogP contribution in [0.25, 0.3) is 21.9 Å². The molecule has 2 aromatic heterocycles. The summed E-state index contributed by atoms with van der Waals surface area (Å²) in [4.78, 5) is 0. The Hall–Kier alpha value is -2.04. The Bertz CT molecular complexity index is 616. The molecule has 0 spiro atoms. The lowest BCUT2D eigenvalue weighted by Gasteiger charge is -1.95. The fraction of sp³-hybridized carbons (Fsp3) is 0.111.